The fraction of sp³-hybridized carbons (Fsp3) is 0.250. The zero-order valence-electron chi connectivity index (χ0n) is 8.07. The lowest BCUT2D eigenvalue weighted by molar-refractivity contribution is -0.384. The molecule has 9 heteroatoms. The smallest absolute Gasteiger partial charge is 0.452 e. The summed E-state index contributed by atoms with van der Waals surface area (Å²) in [6, 6.07) is 2.48. The van der Waals surface area contributed by atoms with Crippen LogP contribution >= 0.6 is 0 Å². The maximum absolute atomic E-state index is 12.5. The maximum atomic E-state index is 12.5. The van der Waals surface area contributed by atoms with Gasteiger partial charge in [0, 0.05) is 0 Å². The molecule has 0 saturated heterocycles. The largest absolute Gasteiger partial charge is 0.457 e. The molecule has 0 bridgehead atoms. The molecule has 0 aliphatic heterocycles. The van der Waals surface area contributed by atoms with Gasteiger partial charge in [-0.1, -0.05) is 0 Å². The number of nitrogens with zero attached hydrogens (tertiary/aromatic N) is 1. The highest BCUT2D eigenvalue weighted by Gasteiger charge is 2.42. The zero-order valence-corrected chi connectivity index (χ0v) is 8.07. The number of anilines is 1. The molecular weight excluding hydrogens is 248 g/mol. The van der Waals surface area contributed by atoms with Crippen molar-refractivity contribution in [2.45, 2.75) is 12.5 Å². The van der Waals surface area contributed by atoms with E-state index in [-0.39, 0.29) is 5.69 Å². The van der Waals surface area contributed by atoms with Gasteiger partial charge in [-0.3, -0.25) is 10.1 Å². The molecule has 0 aliphatic rings. The highest BCUT2D eigenvalue weighted by molar-refractivity contribution is 5.60. The topological polar surface area (TPSA) is 78.4 Å². The van der Waals surface area contributed by atoms with Crippen molar-refractivity contribution in [2.75, 3.05) is 5.73 Å². The van der Waals surface area contributed by atoms with Crippen LogP contribution in [0.4, 0.5) is 28.9 Å². The fourth-order valence-corrected chi connectivity index (χ4v) is 0.941. The van der Waals surface area contributed by atoms with E-state index in [2.05, 4.69) is 4.74 Å². The first-order chi connectivity index (χ1) is 7.71. The number of ether oxygens (including phenoxy) is 1. The highest BCUT2D eigenvalue weighted by atomic mass is 19.4. The number of nitrogen functional groups attached to an aromatic ring is 1. The van der Waals surface area contributed by atoms with Crippen LogP contribution in [-0.4, -0.2) is 17.5 Å². The van der Waals surface area contributed by atoms with Crippen LogP contribution < -0.4 is 10.5 Å². The Morgan fingerprint density at radius 2 is 2.00 bits per heavy atom. The highest BCUT2D eigenvalue weighted by Crippen LogP contribution is 2.30. The quantitative estimate of drug-likeness (QED) is 0.389. The number of rotatable bonds is 3. The van der Waals surface area contributed by atoms with Crippen molar-refractivity contribution in [3.05, 3.63) is 28.3 Å². The van der Waals surface area contributed by atoms with Crippen LogP contribution in [0.2, 0.25) is 0 Å². The first kappa shape index (κ1) is 13.0. The van der Waals surface area contributed by atoms with E-state index in [9.17, 15) is 27.7 Å². The Labute approximate surface area is 91.9 Å². The molecule has 94 valence electrons. The minimum Gasteiger partial charge on any atom is -0.452 e. The Bertz CT molecular complexity index is 435. The van der Waals surface area contributed by atoms with E-state index in [1.807, 2.05) is 0 Å². The summed E-state index contributed by atoms with van der Waals surface area (Å²) in [5.74, 6) is -0.629. The van der Waals surface area contributed by atoms with Crippen LogP contribution in [0.15, 0.2) is 18.2 Å². The van der Waals surface area contributed by atoms with Crippen LogP contribution in [0.25, 0.3) is 0 Å². The first-order valence-electron chi connectivity index (χ1n) is 4.13. The second-order valence-corrected chi connectivity index (χ2v) is 2.95. The predicted octanol–water partition coefficient (Wildman–Crippen LogP) is 2.41. The van der Waals surface area contributed by atoms with Crippen molar-refractivity contribution in [1.29, 1.82) is 0 Å². The van der Waals surface area contributed by atoms with Crippen molar-refractivity contribution < 1.29 is 27.2 Å². The van der Waals surface area contributed by atoms with E-state index >= 15 is 0 Å². The molecule has 1 rings (SSSR count). The third kappa shape index (κ3) is 3.20. The Balaban J connectivity index is 2.94. The van der Waals surface area contributed by atoms with Gasteiger partial charge in [0.15, 0.2) is 0 Å². The lowest BCUT2D eigenvalue weighted by Crippen LogP contribution is -2.29. The van der Waals surface area contributed by atoms with Gasteiger partial charge in [0.25, 0.3) is 5.69 Å². The minimum absolute atomic E-state index is 0.259. The molecule has 0 aliphatic carbocycles. The summed E-state index contributed by atoms with van der Waals surface area (Å²) in [5.41, 5.74) is 4.28. The Morgan fingerprint density at radius 3 is 2.47 bits per heavy atom. The number of nitrogens with two attached hydrogens (primary N) is 1. The Kier molecular flexibility index (Phi) is 3.39. The van der Waals surface area contributed by atoms with Gasteiger partial charge in [0.2, 0.25) is 0 Å². The molecule has 17 heavy (non-hydrogen) atoms. The van der Waals surface area contributed by atoms with Crippen molar-refractivity contribution in [2.24, 2.45) is 0 Å². The van der Waals surface area contributed by atoms with Crippen LogP contribution in [0.1, 0.15) is 0 Å². The van der Waals surface area contributed by atoms with Gasteiger partial charge < -0.3 is 10.5 Å². The van der Waals surface area contributed by atoms with Crippen LogP contribution in [0, 0.1) is 10.1 Å². The zero-order chi connectivity index (χ0) is 13.2. The van der Waals surface area contributed by atoms with Gasteiger partial charge >= 0.3 is 12.5 Å². The molecule has 0 spiro atoms. The summed E-state index contributed by atoms with van der Waals surface area (Å²) in [5, 5.41) is 10.4. The van der Waals surface area contributed by atoms with Gasteiger partial charge in [0.1, 0.15) is 11.4 Å². The minimum atomic E-state index is -5.20. The molecule has 5 nitrogen and oxygen atoms in total. The lowest BCUT2D eigenvalue weighted by Gasteiger charge is -2.14. The summed E-state index contributed by atoms with van der Waals surface area (Å²) in [6.07, 6.45) is -8.75. The number of alkyl halides is 4. The summed E-state index contributed by atoms with van der Waals surface area (Å²) in [7, 11) is 0. The number of halogens is 4. The standard InChI is InChI=1S/C8H6F4N2O3/c9-7(8(10,11)12)17-4-1-2-5(13)6(3-4)14(15)16/h1-3,7H,13H2. The number of nitro benzene ring substituents is 1. The average molecular weight is 254 g/mol. The van der Waals surface area contributed by atoms with E-state index < -0.39 is 28.9 Å². The molecule has 1 atom stereocenters. The number of hydrogen-bond acceptors (Lipinski definition) is 4. The first-order valence-corrected chi connectivity index (χ1v) is 4.13. The SMILES string of the molecule is Nc1ccc(OC(F)C(F)(F)F)cc1[N+](=O)[O-]. The molecule has 2 N–H and O–H groups in total. The summed E-state index contributed by atoms with van der Waals surface area (Å²) in [4.78, 5) is 9.50. The monoisotopic (exact) mass is 254 g/mol. The van der Waals surface area contributed by atoms with Crippen LogP contribution in [-0.2, 0) is 0 Å². The summed E-state index contributed by atoms with van der Waals surface area (Å²) in [6.45, 7) is 0. The Hall–Kier alpha value is -2.06. The van der Waals surface area contributed by atoms with Crippen molar-refractivity contribution in [3.63, 3.8) is 0 Å². The molecule has 0 aromatic heterocycles. The molecular formula is C8H6F4N2O3. The Morgan fingerprint density at radius 1 is 1.41 bits per heavy atom. The predicted molar refractivity (Wildman–Crippen MR) is 49.1 cm³/mol. The third-order valence-electron chi connectivity index (χ3n) is 1.70. The van der Waals surface area contributed by atoms with Gasteiger partial charge in [-0.15, -0.1) is 0 Å². The van der Waals surface area contributed by atoms with Crippen LogP contribution in [0.5, 0.6) is 5.75 Å². The van der Waals surface area contributed by atoms with Gasteiger partial charge in [-0.05, 0) is 12.1 Å². The lowest BCUT2D eigenvalue weighted by atomic mass is 10.2. The number of hydrogen-bond donors (Lipinski definition) is 1. The van der Waals surface area contributed by atoms with Crippen molar-refractivity contribution in [3.8, 4) is 5.75 Å². The molecule has 0 saturated carbocycles. The van der Waals surface area contributed by atoms with Gasteiger partial charge in [-0.25, -0.2) is 0 Å². The molecule has 1 unspecified atom stereocenters. The van der Waals surface area contributed by atoms with E-state index in [1.165, 1.54) is 0 Å². The number of nitro groups is 1. The summed E-state index contributed by atoms with van der Waals surface area (Å²) >= 11 is 0. The third-order valence-corrected chi connectivity index (χ3v) is 1.70. The maximum Gasteiger partial charge on any atom is 0.457 e. The van der Waals surface area contributed by atoms with Crippen molar-refractivity contribution in [1.82, 2.24) is 0 Å². The fourth-order valence-electron chi connectivity index (χ4n) is 0.941. The van der Waals surface area contributed by atoms with E-state index in [0.29, 0.717) is 6.07 Å². The summed E-state index contributed by atoms with van der Waals surface area (Å²) < 4.78 is 51.8. The normalized spacial score (nSPS) is 13.2. The molecule has 1 aromatic rings. The number of benzene rings is 1. The molecule has 0 radical (unpaired) electrons. The van der Waals surface area contributed by atoms with E-state index in [4.69, 9.17) is 5.73 Å². The molecule has 0 amide bonds. The van der Waals surface area contributed by atoms with Gasteiger partial charge in [-0.2, -0.15) is 17.6 Å². The van der Waals surface area contributed by atoms with Gasteiger partial charge in [0.05, 0.1) is 11.0 Å². The molecule has 0 fully saturated rings. The second kappa shape index (κ2) is 4.44. The molecule has 1 aromatic carbocycles. The van der Waals surface area contributed by atoms with E-state index in [1.54, 1.807) is 0 Å². The van der Waals surface area contributed by atoms with Crippen LogP contribution in [0.3, 0.4) is 0 Å². The average Bonchev–Trinajstić information content (AvgIpc) is 2.19. The molecule has 0 heterocycles. The van der Waals surface area contributed by atoms with E-state index in [0.717, 1.165) is 12.1 Å². The van der Waals surface area contributed by atoms with Crippen molar-refractivity contribution >= 4 is 11.4 Å². The second-order valence-electron chi connectivity index (χ2n) is 2.95.